The van der Waals surface area contributed by atoms with Gasteiger partial charge in [-0.3, -0.25) is 0 Å². The van der Waals surface area contributed by atoms with Gasteiger partial charge < -0.3 is 19.9 Å². The average molecular weight is 483 g/mol. The van der Waals surface area contributed by atoms with Crippen molar-refractivity contribution in [1.82, 2.24) is 0 Å². The Bertz CT molecular complexity index is 1110. The highest BCUT2D eigenvalue weighted by molar-refractivity contribution is 9.10. The third-order valence-electron chi connectivity index (χ3n) is 5.03. The summed E-state index contributed by atoms with van der Waals surface area (Å²) in [5.74, 6) is -0.543. The predicted octanol–water partition coefficient (Wildman–Crippen LogP) is 4.98. The fourth-order valence-electron chi connectivity index (χ4n) is 3.47. The van der Waals surface area contributed by atoms with E-state index in [4.69, 9.17) is 19.9 Å². The molecule has 0 amide bonds. The molecule has 2 aromatic carbocycles. The molecule has 0 aliphatic carbocycles. The van der Waals surface area contributed by atoms with E-state index < -0.39 is 11.9 Å². The standard InChI is InChI=1S/C24H23BrN2O4/c1-4-29-24(28)21-15(3)31-23(27)19(12-26)22(21)18-11-17(25)9-10-20(18)30-13-16-8-6-5-7-14(16)2/h5-11,22H,4,13,27H2,1-3H3. The smallest absolute Gasteiger partial charge is 0.338 e. The summed E-state index contributed by atoms with van der Waals surface area (Å²) in [7, 11) is 0. The molecule has 160 valence electrons. The van der Waals surface area contributed by atoms with E-state index in [1.807, 2.05) is 43.3 Å². The Morgan fingerprint density at radius 2 is 2.00 bits per heavy atom. The first-order valence-corrected chi connectivity index (χ1v) is 10.6. The van der Waals surface area contributed by atoms with Crippen LogP contribution >= 0.6 is 15.9 Å². The van der Waals surface area contributed by atoms with Crippen LogP contribution in [-0.2, 0) is 20.9 Å². The van der Waals surface area contributed by atoms with Crippen LogP contribution in [0.4, 0.5) is 0 Å². The Labute approximate surface area is 190 Å². The summed E-state index contributed by atoms with van der Waals surface area (Å²) in [6, 6.07) is 15.5. The molecule has 1 aliphatic rings. The van der Waals surface area contributed by atoms with E-state index in [0.717, 1.165) is 15.6 Å². The number of rotatable bonds is 6. The van der Waals surface area contributed by atoms with Crippen LogP contribution in [0.25, 0.3) is 0 Å². The van der Waals surface area contributed by atoms with Crippen LogP contribution in [0.1, 0.15) is 36.5 Å². The number of ether oxygens (including phenoxy) is 3. The first-order valence-electron chi connectivity index (χ1n) is 9.79. The second-order valence-corrected chi connectivity index (χ2v) is 7.93. The Morgan fingerprint density at radius 3 is 2.68 bits per heavy atom. The van der Waals surface area contributed by atoms with Gasteiger partial charge >= 0.3 is 5.97 Å². The molecule has 1 unspecified atom stereocenters. The van der Waals surface area contributed by atoms with Crippen molar-refractivity contribution in [3.05, 3.63) is 86.4 Å². The molecule has 31 heavy (non-hydrogen) atoms. The molecular formula is C24H23BrN2O4. The van der Waals surface area contributed by atoms with Gasteiger partial charge in [0.2, 0.25) is 5.88 Å². The van der Waals surface area contributed by atoms with Gasteiger partial charge in [0.15, 0.2) is 0 Å². The molecule has 2 aromatic rings. The van der Waals surface area contributed by atoms with Crippen LogP contribution in [0, 0.1) is 18.3 Å². The van der Waals surface area contributed by atoms with Crippen molar-refractivity contribution >= 4 is 21.9 Å². The lowest BCUT2D eigenvalue weighted by Gasteiger charge is -2.28. The first kappa shape index (κ1) is 22.4. The van der Waals surface area contributed by atoms with Gasteiger partial charge in [-0.25, -0.2) is 4.79 Å². The zero-order valence-corrected chi connectivity index (χ0v) is 19.2. The monoisotopic (exact) mass is 482 g/mol. The molecule has 0 spiro atoms. The maximum Gasteiger partial charge on any atom is 0.338 e. The Balaban J connectivity index is 2.10. The number of halogens is 1. The predicted molar refractivity (Wildman–Crippen MR) is 120 cm³/mol. The number of aryl methyl sites for hydroxylation is 1. The van der Waals surface area contributed by atoms with E-state index >= 15 is 0 Å². The lowest BCUT2D eigenvalue weighted by molar-refractivity contribution is -0.139. The molecule has 2 N–H and O–H groups in total. The summed E-state index contributed by atoms with van der Waals surface area (Å²) in [6.45, 7) is 5.90. The van der Waals surface area contributed by atoms with Crippen LogP contribution in [0.3, 0.4) is 0 Å². The quantitative estimate of drug-likeness (QED) is 0.583. The van der Waals surface area contributed by atoms with Gasteiger partial charge in [0, 0.05) is 10.0 Å². The SMILES string of the molecule is CCOC(=O)C1=C(C)OC(N)=C(C#N)C1c1cc(Br)ccc1OCc1ccccc1C. The number of nitriles is 1. The van der Waals surface area contributed by atoms with Gasteiger partial charge in [-0.1, -0.05) is 40.2 Å². The highest BCUT2D eigenvalue weighted by Gasteiger charge is 2.38. The molecule has 0 saturated heterocycles. The number of hydrogen-bond donors (Lipinski definition) is 1. The minimum Gasteiger partial charge on any atom is -0.489 e. The normalized spacial score (nSPS) is 15.9. The summed E-state index contributed by atoms with van der Waals surface area (Å²) in [5, 5.41) is 9.82. The number of benzene rings is 2. The summed E-state index contributed by atoms with van der Waals surface area (Å²) >= 11 is 3.48. The van der Waals surface area contributed by atoms with E-state index in [0.29, 0.717) is 23.7 Å². The van der Waals surface area contributed by atoms with Crippen molar-refractivity contribution in [3.8, 4) is 11.8 Å². The van der Waals surface area contributed by atoms with Gasteiger partial charge in [0.05, 0.1) is 18.1 Å². The number of carbonyl (C=O) groups is 1. The van der Waals surface area contributed by atoms with E-state index in [2.05, 4.69) is 22.0 Å². The molecule has 7 heteroatoms. The van der Waals surface area contributed by atoms with E-state index in [1.54, 1.807) is 19.9 Å². The van der Waals surface area contributed by atoms with Gasteiger partial charge in [0.1, 0.15) is 29.8 Å². The first-order chi connectivity index (χ1) is 14.9. The van der Waals surface area contributed by atoms with Crippen molar-refractivity contribution in [2.45, 2.75) is 33.3 Å². The van der Waals surface area contributed by atoms with Gasteiger partial charge in [-0.05, 0) is 50.1 Å². The van der Waals surface area contributed by atoms with Crippen molar-refractivity contribution in [2.24, 2.45) is 5.73 Å². The lowest BCUT2D eigenvalue weighted by Crippen LogP contribution is -2.26. The largest absolute Gasteiger partial charge is 0.489 e. The Hall–Kier alpha value is -3.24. The molecule has 1 aliphatic heterocycles. The number of allylic oxidation sites excluding steroid dienone is 2. The molecule has 0 aromatic heterocycles. The van der Waals surface area contributed by atoms with Crippen LogP contribution in [0.2, 0.25) is 0 Å². The molecular weight excluding hydrogens is 460 g/mol. The second kappa shape index (κ2) is 9.71. The minimum atomic E-state index is -0.776. The van der Waals surface area contributed by atoms with Crippen molar-refractivity contribution < 1.29 is 19.0 Å². The minimum absolute atomic E-state index is 0.0390. The molecule has 3 rings (SSSR count). The van der Waals surface area contributed by atoms with Crippen molar-refractivity contribution in [2.75, 3.05) is 6.61 Å². The molecule has 0 radical (unpaired) electrons. The van der Waals surface area contributed by atoms with E-state index in [1.165, 1.54) is 0 Å². The van der Waals surface area contributed by atoms with Crippen LogP contribution < -0.4 is 10.5 Å². The third-order valence-corrected chi connectivity index (χ3v) is 5.52. The van der Waals surface area contributed by atoms with Gasteiger partial charge in [-0.2, -0.15) is 5.26 Å². The molecule has 0 bridgehead atoms. The fraction of sp³-hybridized carbons (Fsp3) is 0.250. The second-order valence-electron chi connectivity index (χ2n) is 7.01. The van der Waals surface area contributed by atoms with Crippen LogP contribution in [0.15, 0.2) is 69.7 Å². The number of nitrogens with two attached hydrogens (primary N) is 1. The fourth-order valence-corrected chi connectivity index (χ4v) is 3.85. The lowest BCUT2D eigenvalue weighted by atomic mass is 9.82. The molecule has 1 atom stereocenters. The van der Waals surface area contributed by atoms with E-state index in [9.17, 15) is 10.1 Å². The number of carbonyl (C=O) groups excluding carboxylic acids is 1. The van der Waals surface area contributed by atoms with E-state index in [-0.39, 0.29) is 23.6 Å². The highest BCUT2D eigenvalue weighted by atomic mass is 79.9. The number of esters is 1. The van der Waals surface area contributed by atoms with Crippen molar-refractivity contribution in [1.29, 1.82) is 5.26 Å². The zero-order valence-electron chi connectivity index (χ0n) is 17.6. The van der Waals surface area contributed by atoms with Crippen LogP contribution in [0.5, 0.6) is 5.75 Å². The number of hydrogen-bond acceptors (Lipinski definition) is 6. The topological polar surface area (TPSA) is 94.6 Å². The summed E-state index contributed by atoms with van der Waals surface area (Å²) in [5.41, 5.74) is 9.14. The van der Waals surface area contributed by atoms with Crippen molar-refractivity contribution in [3.63, 3.8) is 0 Å². The third kappa shape index (κ3) is 4.75. The average Bonchev–Trinajstić information content (AvgIpc) is 2.73. The molecule has 0 saturated carbocycles. The Morgan fingerprint density at radius 1 is 1.26 bits per heavy atom. The summed E-state index contributed by atoms with van der Waals surface area (Å²) in [6.07, 6.45) is 0. The molecule has 1 heterocycles. The van der Waals surface area contributed by atoms with Gasteiger partial charge in [0.25, 0.3) is 0 Å². The molecule has 6 nitrogen and oxygen atoms in total. The number of nitrogens with zero attached hydrogens (tertiary/aromatic N) is 1. The summed E-state index contributed by atoms with van der Waals surface area (Å²) in [4.78, 5) is 12.8. The Kier molecular flexibility index (Phi) is 7.03. The van der Waals surface area contributed by atoms with Crippen LogP contribution in [-0.4, -0.2) is 12.6 Å². The zero-order chi connectivity index (χ0) is 22.5. The van der Waals surface area contributed by atoms with Gasteiger partial charge in [-0.15, -0.1) is 0 Å². The highest BCUT2D eigenvalue weighted by Crippen LogP contribution is 2.44. The molecule has 0 fully saturated rings. The summed E-state index contributed by atoms with van der Waals surface area (Å²) < 4.78 is 17.7. The maximum atomic E-state index is 12.8. The maximum absolute atomic E-state index is 12.8.